The molecule has 0 amide bonds. The van der Waals surface area contributed by atoms with Crippen molar-refractivity contribution in [3.8, 4) is 0 Å². The van der Waals surface area contributed by atoms with Crippen molar-refractivity contribution in [2.45, 2.75) is 0 Å². The minimum absolute atomic E-state index is 0.128. The van der Waals surface area contributed by atoms with Crippen molar-refractivity contribution in [3.63, 3.8) is 0 Å². The zero-order chi connectivity index (χ0) is 13.0. The number of aliphatic hydroxyl groups excluding tert-OH is 1. The molecular weight excluding hydrogens is 251 g/mol. The highest BCUT2D eigenvalue weighted by atomic mass is 35.5. The van der Waals surface area contributed by atoms with E-state index in [4.69, 9.17) is 11.6 Å². The van der Waals surface area contributed by atoms with Gasteiger partial charge >= 0.3 is 0 Å². The fourth-order valence-electron chi connectivity index (χ4n) is 1.66. The van der Waals surface area contributed by atoms with Crippen molar-refractivity contribution in [3.05, 3.63) is 70.5 Å². The van der Waals surface area contributed by atoms with Gasteiger partial charge in [-0.1, -0.05) is 41.9 Å². The summed E-state index contributed by atoms with van der Waals surface area (Å²) in [6, 6.07) is 13.4. The maximum absolute atomic E-state index is 12.8. The smallest absolute Gasteiger partial charge is 0.123 e. The van der Waals surface area contributed by atoms with Gasteiger partial charge < -0.3 is 5.11 Å². The maximum atomic E-state index is 12.8. The third kappa shape index (κ3) is 2.97. The molecule has 0 spiro atoms. The molecule has 0 unspecified atom stereocenters. The van der Waals surface area contributed by atoms with Gasteiger partial charge in [-0.25, -0.2) is 4.39 Å². The molecule has 1 N–H and O–H groups in total. The molecule has 0 saturated heterocycles. The largest absolute Gasteiger partial charge is 0.392 e. The molecule has 0 bridgehead atoms. The van der Waals surface area contributed by atoms with E-state index < -0.39 is 0 Å². The first-order valence-corrected chi connectivity index (χ1v) is 5.90. The molecule has 0 aromatic heterocycles. The summed E-state index contributed by atoms with van der Waals surface area (Å²) in [4.78, 5) is 0. The number of benzene rings is 2. The van der Waals surface area contributed by atoms with Crippen molar-refractivity contribution >= 4 is 23.3 Å². The number of halogens is 2. The van der Waals surface area contributed by atoms with Gasteiger partial charge in [-0.05, 0) is 41.0 Å². The molecular formula is C15H12ClFO. The Labute approximate surface area is 110 Å². The third-order valence-electron chi connectivity index (χ3n) is 2.62. The summed E-state index contributed by atoms with van der Waals surface area (Å²) in [5.41, 5.74) is 2.30. The molecule has 0 aliphatic heterocycles. The van der Waals surface area contributed by atoms with E-state index in [-0.39, 0.29) is 12.4 Å². The Morgan fingerprint density at radius 2 is 1.78 bits per heavy atom. The van der Waals surface area contributed by atoms with E-state index in [2.05, 4.69) is 0 Å². The van der Waals surface area contributed by atoms with E-state index >= 15 is 0 Å². The summed E-state index contributed by atoms with van der Waals surface area (Å²) in [7, 11) is 0. The molecule has 2 aromatic carbocycles. The topological polar surface area (TPSA) is 20.2 Å². The molecule has 0 aliphatic carbocycles. The van der Waals surface area contributed by atoms with Crippen molar-refractivity contribution in [1.29, 1.82) is 0 Å². The van der Waals surface area contributed by atoms with Crippen LogP contribution in [0.1, 0.15) is 11.1 Å². The normalized spacial score (nSPS) is 11.6. The highest BCUT2D eigenvalue weighted by Gasteiger charge is 2.03. The van der Waals surface area contributed by atoms with E-state index in [0.717, 1.165) is 11.1 Å². The van der Waals surface area contributed by atoms with Crippen molar-refractivity contribution < 1.29 is 9.50 Å². The minimum atomic E-state index is -0.297. The summed E-state index contributed by atoms with van der Waals surface area (Å²) in [5.74, 6) is -0.297. The first-order chi connectivity index (χ1) is 8.70. The van der Waals surface area contributed by atoms with Gasteiger partial charge in [0.05, 0.1) is 6.61 Å². The molecule has 3 heteroatoms. The van der Waals surface area contributed by atoms with E-state index in [1.165, 1.54) is 12.1 Å². The quantitative estimate of drug-likeness (QED) is 0.829. The maximum Gasteiger partial charge on any atom is 0.123 e. The summed E-state index contributed by atoms with van der Waals surface area (Å²) < 4.78 is 12.8. The molecule has 2 rings (SSSR count). The van der Waals surface area contributed by atoms with Crippen LogP contribution in [-0.4, -0.2) is 11.7 Å². The van der Waals surface area contributed by atoms with Gasteiger partial charge in [-0.3, -0.25) is 0 Å². The van der Waals surface area contributed by atoms with Gasteiger partial charge in [0, 0.05) is 5.02 Å². The fraction of sp³-hybridized carbons (Fsp3) is 0.0667. The molecule has 18 heavy (non-hydrogen) atoms. The zero-order valence-electron chi connectivity index (χ0n) is 9.61. The lowest BCUT2D eigenvalue weighted by molar-refractivity contribution is 0.350. The van der Waals surface area contributed by atoms with Crippen LogP contribution in [0.5, 0.6) is 0 Å². The van der Waals surface area contributed by atoms with Crippen LogP contribution >= 0.6 is 11.6 Å². The van der Waals surface area contributed by atoms with Crippen LogP contribution in [0.25, 0.3) is 11.6 Å². The predicted octanol–water partition coefficient (Wildman–Crippen LogP) is 4.01. The van der Waals surface area contributed by atoms with Gasteiger partial charge in [0.25, 0.3) is 0 Å². The van der Waals surface area contributed by atoms with Crippen LogP contribution in [0.3, 0.4) is 0 Å². The zero-order valence-corrected chi connectivity index (χ0v) is 10.4. The Balaban J connectivity index is 2.40. The van der Waals surface area contributed by atoms with Crippen LogP contribution in [0.2, 0.25) is 5.02 Å². The lowest BCUT2D eigenvalue weighted by Gasteiger charge is -2.06. The lowest BCUT2D eigenvalue weighted by atomic mass is 10.0. The van der Waals surface area contributed by atoms with E-state index in [0.29, 0.717) is 10.6 Å². The second-order valence-corrected chi connectivity index (χ2v) is 4.26. The van der Waals surface area contributed by atoms with Crippen LogP contribution in [-0.2, 0) is 0 Å². The second kappa shape index (κ2) is 5.80. The molecule has 92 valence electrons. The minimum Gasteiger partial charge on any atom is -0.392 e. The summed E-state index contributed by atoms with van der Waals surface area (Å²) in [6.45, 7) is -0.128. The van der Waals surface area contributed by atoms with Crippen molar-refractivity contribution in [2.75, 3.05) is 6.61 Å². The Morgan fingerprint density at radius 3 is 2.39 bits per heavy atom. The van der Waals surface area contributed by atoms with Gasteiger partial charge in [-0.2, -0.15) is 0 Å². The number of hydrogen-bond acceptors (Lipinski definition) is 1. The summed E-state index contributed by atoms with van der Waals surface area (Å²) in [5, 5.41) is 10.0. The fourth-order valence-corrected chi connectivity index (χ4v) is 1.85. The highest BCUT2D eigenvalue weighted by molar-refractivity contribution is 6.32. The Hall–Kier alpha value is -1.64. The molecule has 1 nitrogen and oxygen atoms in total. The molecule has 0 saturated carbocycles. The molecule has 0 heterocycles. The van der Waals surface area contributed by atoms with Gasteiger partial charge in [0.1, 0.15) is 5.82 Å². The average molecular weight is 263 g/mol. The Kier molecular flexibility index (Phi) is 4.13. The monoisotopic (exact) mass is 262 g/mol. The standard InChI is InChI=1S/C15H12ClFO/c16-15-4-2-1-3-12(15)9-13(10-18)11-5-7-14(17)8-6-11/h1-9,18H,10H2/b13-9+. The van der Waals surface area contributed by atoms with E-state index in [1.807, 2.05) is 18.2 Å². The molecule has 0 radical (unpaired) electrons. The SMILES string of the molecule is OC/C(=C\c1ccccc1Cl)c1ccc(F)cc1. The Morgan fingerprint density at radius 1 is 1.11 bits per heavy atom. The van der Waals surface area contributed by atoms with Crippen LogP contribution in [0.4, 0.5) is 4.39 Å². The number of rotatable bonds is 3. The Bertz CT molecular complexity index is 561. The molecule has 0 atom stereocenters. The number of aliphatic hydroxyl groups is 1. The molecule has 0 fully saturated rings. The van der Waals surface area contributed by atoms with E-state index in [1.54, 1.807) is 24.3 Å². The first kappa shape index (κ1) is 12.8. The number of hydrogen-bond donors (Lipinski definition) is 1. The van der Waals surface area contributed by atoms with Crippen molar-refractivity contribution in [1.82, 2.24) is 0 Å². The second-order valence-electron chi connectivity index (χ2n) is 3.86. The highest BCUT2D eigenvalue weighted by Crippen LogP contribution is 2.22. The average Bonchev–Trinajstić information content (AvgIpc) is 2.39. The third-order valence-corrected chi connectivity index (χ3v) is 2.96. The van der Waals surface area contributed by atoms with E-state index in [9.17, 15) is 9.50 Å². The van der Waals surface area contributed by atoms with Gasteiger partial charge in [0.2, 0.25) is 0 Å². The summed E-state index contributed by atoms with van der Waals surface area (Å²) >= 11 is 6.05. The first-order valence-electron chi connectivity index (χ1n) is 5.52. The predicted molar refractivity (Wildman–Crippen MR) is 72.8 cm³/mol. The molecule has 2 aromatic rings. The van der Waals surface area contributed by atoms with Gasteiger partial charge in [0.15, 0.2) is 0 Å². The lowest BCUT2D eigenvalue weighted by Crippen LogP contribution is -1.91. The van der Waals surface area contributed by atoms with Gasteiger partial charge in [-0.15, -0.1) is 0 Å². The summed E-state index contributed by atoms with van der Waals surface area (Å²) in [6.07, 6.45) is 1.80. The van der Waals surface area contributed by atoms with Crippen LogP contribution in [0, 0.1) is 5.82 Å². The van der Waals surface area contributed by atoms with Crippen LogP contribution < -0.4 is 0 Å². The molecule has 0 aliphatic rings. The van der Waals surface area contributed by atoms with Crippen molar-refractivity contribution in [2.24, 2.45) is 0 Å². The van der Waals surface area contributed by atoms with Crippen LogP contribution in [0.15, 0.2) is 48.5 Å².